The molecular weight excluding hydrogens is 378 g/mol. The van der Waals surface area contributed by atoms with Crippen LogP contribution in [-0.2, 0) is 10.0 Å². The topological polar surface area (TPSA) is 66.5 Å². The molecule has 0 unspecified atom stereocenters. The normalized spacial score (nSPS) is 11.2. The minimum Gasteiger partial charge on any atom is -0.345 e. The van der Waals surface area contributed by atoms with Crippen LogP contribution in [-0.4, -0.2) is 33.3 Å². The van der Waals surface area contributed by atoms with Gasteiger partial charge >= 0.3 is 0 Å². The molecule has 128 valence electrons. The smallest absolute Gasteiger partial charge is 0.261 e. The van der Waals surface area contributed by atoms with Gasteiger partial charge in [0.05, 0.1) is 21.2 Å². The average Bonchev–Trinajstić information content (AvgIpc) is 2.49. The van der Waals surface area contributed by atoms with Gasteiger partial charge in [-0.2, -0.15) is 0 Å². The summed E-state index contributed by atoms with van der Waals surface area (Å²) in [4.78, 5) is 13.2. The molecule has 5 nitrogen and oxygen atoms in total. The lowest BCUT2D eigenvalue weighted by atomic mass is 10.1. The van der Waals surface area contributed by atoms with Gasteiger partial charge in [0, 0.05) is 19.1 Å². The SMILES string of the molecule is CN(C)C(=O)c1ccc(Cl)cc1NS(=O)(=O)c1ccc(F)c(Cl)c1. The van der Waals surface area contributed by atoms with Gasteiger partial charge in [-0.15, -0.1) is 0 Å². The van der Waals surface area contributed by atoms with E-state index in [1.165, 1.54) is 37.2 Å². The van der Waals surface area contributed by atoms with E-state index < -0.39 is 21.7 Å². The first-order chi connectivity index (χ1) is 11.1. The number of anilines is 1. The van der Waals surface area contributed by atoms with Crippen molar-refractivity contribution in [3.05, 3.63) is 57.8 Å². The molecule has 0 fully saturated rings. The summed E-state index contributed by atoms with van der Waals surface area (Å²) < 4.78 is 40.4. The van der Waals surface area contributed by atoms with Crippen molar-refractivity contribution < 1.29 is 17.6 Å². The van der Waals surface area contributed by atoms with Gasteiger partial charge in [0.15, 0.2) is 0 Å². The maximum Gasteiger partial charge on any atom is 0.261 e. The van der Waals surface area contributed by atoms with Crippen molar-refractivity contribution in [1.29, 1.82) is 0 Å². The fraction of sp³-hybridized carbons (Fsp3) is 0.133. The monoisotopic (exact) mass is 390 g/mol. The molecule has 0 spiro atoms. The third-order valence-corrected chi connectivity index (χ3v) is 4.95. The van der Waals surface area contributed by atoms with E-state index in [-0.39, 0.29) is 26.2 Å². The molecule has 0 radical (unpaired) electrons. The number of nitrogens with one attached hydrogen (secondary N) is 1. The number of sulfonamides is 1. The van der Waals surface area contributed by atoms with Crippen LogP contribution in [0, 0.1) is 5.82 Å². The zero-order valence-corrected chi connectivity index (χ0v) is 15.0. The van der Waals surface area contributed by atoms with E-state index >= 15 is 0 Å². The molecule has 0 saturated carbocycles. The number of hydrogen-bond acceptors (Lipinski definition) is 3. The average molecular weight is 391 g/mol. The Morgan fingerprint density at radius 1 is 1.12 bits per heavy atom. The second-order valence-corrected chi connectivity index (χ2v) is 7.60. The molecule has 0 aliphatic heterocycles. The van der Waals surface area contributed by atoms with Crippen molar-refractivity contribution in [2.45, 2.75) is 4.90 Å². The Morgan fingerprint density at radius 2 is 1.79 bits per heavy atom. The van der Waals surface area contributed by atoms with Gasteiger partial charge in [-0.05, 0) is 36.4 Å². The van der Waals surface area contributed by atoms with Crippen molar-refractivity contribution >= 4 is 44.8 Å². The van der Waals surface area contributed by atoms with Gasteiger partial charge in [0.2, 0.25) is 0 Å². The van der Waals surface area contributed by atoms with E-state index in [0.717, 1.165) is 18.2 Å². The summed E-state index contributed by atoms with van der Waals surface area (Å²) in [5.74, 6) is -1.14. The number of hydrogen-bond donors (Lipinski definition) is 1. The van der Waals surface area contributed by atoms with Crippen molar-refractivity contribution in [2.24, 2.45) is 0 Å². The molecule has 0 aliphatic carbocycles. The summed E-state index contributed by atoms with van der Waals surface area (Å²) in [6.45, 7) is 0. The van der Waals surface area contributed by atoms with Crippen molar-refractivity contribution in [1.82, 2.24) is 4.90 Å². The highest BCUT2D eigenvalue weighted by Gasteiger charge is 2.21. The predicted octanol–water partition coefficient (Wildman–Crippen LogP) is 3.64. The third kappa shape index (κ3) is 3.98. The standard InChI is InChI=1S/C15H13Cl2FN2O3S/c1-20(2)15(21)11-5-3-9(16)7-14(11)19-24(22,23)10-4-6-13(18)12(17)8-10/h3-8,19H,1-2H3. The zero-order chi connectivity index (χ0) is 18.1. The van der Waals surface area contributed by atoms with Gasteiger partial charge in [-0.1, -0.05) is 23.2 Å². The highest BCUT2D eigenvalue weighted by atomic mass is 35.5. The number of amides is 1. The summed E-state index contributed by atoms with van der Waals surface area (Å²) in [5, 5.41) is -0.0753. The van der Waals surface area contributed by atoms with Crippen LogP contribution in [0.2, 0.25) is 10.0 Å². The van der Waals surface area contributed by atoms with E-state index in [9.17, 15) is 17.6 Å². The summed E-state index contributed by atoms with van der Waals surface area (Å²) >= 11 is 11.5. The number of benzene rings is 2. The Balaban J connectivity index is 2.47. The Labute approximate surface area is 149 Å². The first-order valence-electron chi connectivity index (χ1n) is 6.61. The largest absolute Gasteiger partial charge is 0.345 e. The lowest BCUT2D eigenvalue weighted by Gasteiger charge is -2.16. The van der Waals surface area contributed by atoms with E-state index in [4.69, 9.17) is 23.2 Å². The van der Waals surface area contributed by atoms with Crippen molar-refractivity contribution in [2.75, 3.05) is 18.8 Å². The molecule has 1 amide bonds. The second kappa shape index (κ2) is 6.96. The van der Waals surface area contributed by atoms with Crippen LogP contribution in [0.15, 0.2) is 41.3 Å². The van der Waals surface area contributed by atoms with Gasteiger partial charge in [-0.25, -0.2) is 12.8 Å². The first-order valence-corrected chi connectivity index (χ1v) is 8.85. The van der Waals surface area contributed by atoms with Crippen molar-refractivity contribution in [3.8, 4) is 0 Å². The molecule has 0 heterocycles. The molecule has 24 heavy (non-hydrogen) atoms. The van der Waals surface area contributed by atoms with Crippen LogP contribution in [0.5, 0.6) is 0 Å². The zero-order valence-electron chi connectivity index (χ0n) is 12.7. The molecule has 0 aliphatic rings. The Bertz CT molecular complexity index is 902. The van der Waals surface area contributed by atoms with Crippen LogP contribution in [0.25, 0.3) is 0 Å². The number of carbonyl (C=O) groups excluding carboxylic acids is 1. The molecule has 0 atom stereocenters. The summed E-state index contributed by atoms with van der Waals surface area (Å²) in [5.41, 5.74) is 0.142. The Hall–Kier alpha value is -1.83. The molecule has 2 aromatic carbocycles. The van der Waals surface area contributed by atoms with Crippen molar-refractivity contribution in [3.63, 3.8) is 0 Å². The van der Waals surface area contributed by atoms with Gasteiger partial charge in [-0.3, -0.25) is 9.52 Å². The molecule has 0 saturated heterocycles. The van der Waals surface area contributed by atoms with Crippen LogP contribution in [0.3, 0.4) is 0 Å². The Kier molecular flexibility index (Phi) is 5.37. The van der Waals surface area contributed by atoms with E-state index in [1.807, 2.05) is 0 Å². The molecule has 2 rings (SSSR count). The first kappa shape index (κ1) is 18.5. The van der Waals surface area contributed by atoms with Crippen LogP contribution < -0.4 is 4.72 Å². The predicted molar refractivity (Wildman–Crippen MR) is 91.7 cm³/mol. The fourth-order valence-corrected chi connectivity index (χ4v) is 3.39. The van der Waals surface area contributed by atoms with Gasteiger partial charge < -0.3 is 4.90 Å². The molecular formula is C15H13Cl2FN2O3S. The fourth-order valence-electron chi connectivity index (χ4n) is 1.88. The number of rotatable bonds is 4. The minimum atomic E-state index is -4.08. The van der Waals surface area contributed by atoms with E-state index in [2.05, 4.69) is 4.72 Å². The minimum absolute atomic E-state index is 0.0154. The maximum absolute atomic E-state index is 13.2. The molecule has 0 bridgehead atoms. The van der Waals surface area contributed by atoms with E-state index in [1.54, 1.807) is 0 Å². The van der Waals surface area contributed by atoms with Gasteiger partial charge in [0.25, 0.3) is 15.9 Å². The quantitative estimate of drug-likeness (QED) is 0.866. The highest BCUT2D eigenvalue weighted by Crippen LogP contribution is 2.26. The summed E-state index contributed by atoms with van der Waals surface area (Å²) in [7, 11) is -1.01. The second-order valence-electron chi connectivity index (χ2n) is 5.07. The van der Waals surface area contributed by atoms with Crippen LogP contribution >= 0.6 is 23.2 Å². The van der Waals surface area contributed by atoms with E-state index in [0.29, 0.717) is 0 Å². The van der Waals surface area contributed by atoms with Crippen LogP contribution in [0.4, 0.5) is 10.1 Å². The molecule has 1 N–H and O–H groups in total. The number of nitrogens with zero attached hydrogens (tertiary/aromatic N) is 1. The molecule has 9 heteroatoms. The lowest BCUT2D eigenvalue weighted by molar-refractivity contribution is 0.0828. The number of carbonyl (C=O) groups is 1. The molecule has 0 aromatic heterocycles. The summed E-state index contributed by atoms with van der Waals surface area (Å²) in [6.07, 6.45) is 0. The van der Waals surface area contributed by atoms with Gasteiger partial charge in [0.1, 0.15) is 5.82 Å². The lowest BCUT2D eigenvalue weighted by Crippen LogP contribution is -2.24. The summed E-state index contributed by atoms with van der Waals surface area (Å²) in [6, 6.07) is 7.21. The molecule has 2 aromatic rings. The Morgan fingerprint density at radius 3 is 2.38 bits per heavy atom. The highest BCUT2D eigenvalue weighted by molar-refractivity contribution is 7.92. The van der Waals surface area contributed by atoms with Crippen LogP contribution in [0.1, 0.15) is 10.4 Å². The number of halogens is 3. The maximum atomic E-state index is 13.2. The third-order valence-electron chi connectivity index (χ3n) is 3.06.